The predicted octanol–water partition coefficient (Wildman–Crippen LogP) is 1.68. The van der Waals surface area contributed by atoms with Crippen LogP contribution in [-0.2, 0) is 9.84 Å². The van der Waals surface area contributed by atoms with E-state index in [9.17, 15) is 30.4 Å². The largest absolute Gasteiger partial charge is 0.453 e. The fourth-order valence-corrected chi connectivity index (χ4v) is 2.17. The van der Waals surface area contributed by atoms with E-state index in [4.69, 9.17) is 5.73 Å². The van der Waals surface area contributed by atoms with E-state index in [2.05, 4.69) is 0 Å². The minimum atomic E-state index is -5.74. The standard InChI is InChI=1S/C7H12F5NO2S/c1-2-5(13)16(14,15)4-3-6(8,9)7(10,11)12/h5H,2-4,13H2,1H3. The van der Waals surface area contributed by atoms with Gasteiger partial charge >= 0.3 is 12.1 Å². The summed E-state index contributed by atoms with van der Waals surface area (Å²) in [6, 6.07) is 0. The van der Waals surface area contributed by atoms with Gasteiger partial charge in [-0.25, -0.2) is 8.42 Å². The molecule has 0 amide bonds. The summed E-state index contributed by atoms with van der Waals surface area (Å²) in [6.45, 7) is 1.39. The van der Waals surface area contributed by atoms with E-state index in [1.165, 1.54) is 6.92 Å². The SMILES string of the molecule is CCC(N)S(=O)(=O)CCC(F)(F)C(F)(F)F. The molecular weight excluding hydrogens is 257 g/mol. The van der Waals surface area contributed by atoms with Crippen molar-refractivity contribution in [3.63, 3.8) is 0 Å². The molecule has 2 N–H and O–H groups in total. The lowest BCUT2D eigenvalue weighted by molar-refractivity contribution is -0.282. The van der Waals surface area contributed by atoms with Crippen LogP contribution in [0.4, 0.5) is 22.0 Å². The molecule has 16 heavy (non-hydrogen) atoms. The maximum atomic E-state index is 12.4. The molecule has 0 fully saturated rings. The molecule has 0 saturated heterocycles. The highest BCUT2D eigenvalue weighted by molar-refractivity contribution is 7.91. The van der Waals surface area contributed by atoms with Gasteiger partial charge < -0.3 is 5.73 Å². The molecule has 0 aliphatic rings. The van der Waals surface area contributed by atoms with Crippen molar-refractivity contribution in [1.82, 2.24) is 0 Å². The zero-order chi connectivity index (χ0) is 13.2. The van der Waals surface area contributed by atoms with Crippen LogP contribution in [0.5, 0.6) is 0 Å². The summed E-state index contributed by atoms with van der Waals surface area (Å²) in [5.41, 5.74) is 5.08. The Labute approximate surface area is 89.7 Å². The molecule has 9 heteroatoms. The van der Waals surface area contributed by atoms with Crippen LogP contribution < -0.4 is 5.73 Å². The highest BCUT2D eigenvalue weighted by atomic mass is 32.2. The van der Waals surface area contributed by atoms with Gasteiger partial charge in [-0.1, -0.05) is 6.92 Å². The van der Waals surface area contributed by atoms with E-state index < -0.39 is 39.5 Å². The van der Waals surface area contributed by atoms with Gasteiger partial charge in [0.05, 0.1) is 5.75 Å². The summed E-state index contributed by atoms with van der Waals surface area (Å²) in [5, 5.41) is -1.41. The smallest absolute Gasteiger partial charge is 0.315 e. The highest BCUT2D eigenvalue weighted by Crippen LogP contribution is 2.38. The first-order valence-electron chi connectivity index (χ1n) is 4.35. The molecule has 0 rings (SSSR count). The first-order valence-corrected chi connectivity index (χ1v) is 6.07. The zero-order valence-electron chi connectivity index (χ0n) is 8.39. The molecule has 0 bridgehead atoms. The molecule has 0 saturated carbocycles. The molecular formula is C7H12F5NO2S. The Morgan fingerprint density at radius 2 is 1.62 bits per heavy atom. The molecule has 0 heterocycles. The van der Waals surface area contributed by atoms with E-state index in [-0.39, 0.29) is 6.42 Å². The van der Waals surface area contributed by atoms with Crippen molar-refractivity contribution in [2.24, 2.45) is 5.73 Å². The van der Waals surface area contributed by atoms with Crippen molar-refractivity contribution in [2.75, 3.05) is 5.75 Å². The van der Waals surface area contributed by atoms with Crippen LogP contribution in [0.3, 0.4) is 0 Å². The van der Waals surface area contributed by atoms with E-state index in [1.807, 2.05) is 0 Å². The van der Waals surface area contributed by atoms with Gasteiger partial charge in [-0.2, -0.15) is 22.0 Å². The average molecular weight is 269 g/mol. The zero-order valence-corrected chi connectivity index (χ0v) is 9.21. The lowest BCUT2D eigenvalue weighted by atomic mass is 10.2. The van der Waals surface area contributed by atoms with Gasteiger partial charge in [0.15, 0.2) is 9.84 Å². The van der Waals surface area contributed by atoms with E-state index in [0.29, 0.717) is 0 Å². The molecule has 1 atom stereocenters. The van der Waals surface area contributed by atoms with Crippen LogP contribution in [0.15, 0.2) is 0 Å². The lowest BCUT2D eigenvalue weighted by Gasteiger charge is -2.20. The first-order chi connectivity index (χ1) is 6.94. The Kier molecular flexibility index (Phi) is 4.69. The molecule has 0 aliphatic carbocycles. The van der Waals surface area contributed by atoms with Gasteiger partial charge in [-0.3, -0.25) is 0 Å². The number of nitrogens with two attached hydrogens (primary N) is 1. The number of rotatable bonds is 5. The van der Waals surface area contributed by atoms with Gasteiger partial charge in [0.1, 0.15) is 5.37 Å². The van der Waals surface area contributed by atoms with Gasteiger partial charge in [0, 0.05) is 6.42 Å². The molecule has 0 aromatic carbocycles. The van der Waals surface area contributed by atoms with Crippen LogP contribution in [0.1, 0.15) is 19.8 Å². The lowest BCUT2D eigenvalue weighted by Crippen LogP contribution is -2.40. The molecule has 1 unspecified atom stereocenters. The highest BCUT2D eigenvalue weighted by Gasteiger charge is 2.57. The van der Waals surface area contributed by atoms with Crippen molar-refractivity contribution >= 4 is 9.84 Å². The minimum Gasteiger partial charge on any atom is -0.315 e. The maximum absolute atomic E-state index is 12.4. The second-order valence-corrected chi connectivity index (χ2v) is 5.61. The Bertz CT molecular complexity index is 324. The number of hydrogen-bond donors (Lipinski definition) is 1. The Hall–Kier alpha value is -0.440. The predicted molar refractivity (Wildman–Crippen MR) is 47.7 cm³/mol. The number of halogens is 5. The summed E-state index contributed by atoms with van der Waals surface area (Å²) in [7, 11) is -4.11. The molecule has 0 spiro atoms. The Morgan fingerprint density at radius 1 is 1.19 bits per heavy atom. The van der Waals surface area contributed by atoms with Gasteiger partial charge in [0.2, 0.25) is 0 Å². The van der Waals surface area contributed by atoms with Crippen molar-refractivity contribution in [3.8, 4) is 0 Å². The fourth-order valence-electron chi connectivity index (χ4n) is 0.817. The summed E-state index contributed by atoms with van der Waals surface area (Å²) in [6.07, 6.45) is -7.58. The second kappa shape index (κ2) is 4.82. The van der Waals surface area contributed by atoms with Crippen molar-refractivity contribution in [1.29, 1.82) is 0 Å². The molecule has 0 aliphatic heterocycles. The summed E-state index contributed by atoms with van der Waals surface area (Å²) >= 11 is 0. The minimum absolute atomic E-state index is 0.0417. The first kappa shape index (κ1) is 15.6. The topological polar surface area (TPSA) is 60.2 Å². The monoisotopic (exact) mass is 269 g/mol. The van der Waals surface area contributed by atoms with E-state index in [1.54, 1.807) is 0 Å². The van der Waals surface area contributed by atoms with Crippen molar-refractivity contribution in [3.05, 3.63) is 0 Å². The van der Waals surface area contributed by atoms with Crippen LogP contribution in [0, 0.1) is 0 Å². The fraction of sp³-hybridized carbons (Fsp3) is 1.00. The average Bonchev–Trinajstić information content (AvgIpc) is 2.12. The van der Waals surface area contributed by atoms with Crippen LogP contribution >= 0.6 is 0 Å². The molecule has 0 aromatic rings. The van der Waals surface area contributed by atoms with Gasteiger partial charge in [-0.05, 0) is 6.42 Å². The molecule has 98 valence electrons. The van der Waals surface area contributed by atoms with E-state index >= 15 is 0 Å². The summed E-state index contributed by atoms with van der Waals surface area (Å²) in [4.78, 5) is 0. The third-order valence-corrected chi connectivity index (χ3v) is 4.01. The number of sulfone groups is 1. The third kappa shape index (κ3) is 3.85. The molecule has 3 nitrogen and oxygen atoms in total. The normalized spacial score (nSPS) is 16.2. The Morgan fingerprint density at radius 3 is 1.94 bits per heavy atom. The maximum Gasteiger partial charge on any atom is 0.453 e. The van der Waals surface area contributed by atoms with Crippen molar-refractivity contribution in [2.45, 2.75) is 37.2 Å². The van der Waals surface area contributed by atoms with Crippen molar-refractivity contribution < 1.29 is 30.4 Å². The number of hydrogen-bond acceptors (Lipinski definition) is 3. The third-order valence-electron chi connectivity index (χ3n) is 1.98. The molecule has 0 aromatic heterocycles. The van der Waals surface area contributed by atoms with Crippen LogP contribution in [-0.4, -0.2) is 31.6 Å². The summed E-state index contributed by atoms with van der Waals surface area (Å²) in [5.74, 6) is -6.29. The second-order valence-electron chi connectivity index (χ2n) is 3.27. The van der Waals surface area contributed by atoms with Gasteiger partial charge in [0.25, 0.3) is 0 Å². The van der Waals surface area contributed by atoms with E-state index in [0.717, 1.165) is 0 Å². The Balaban J connectivity index is 4.59. The van der Waals surface area contributed by atoms with Crippen LogP contribution in [0.25, 0.3) is 0 Å². The quantitative estimate of drug-likeness (QED) is 0.772. The molecule has 0 radical (unpaired) electrons. The summed E-state index contributed by atoms with van der Waals surface area (Å²) < 4.78 is 82.2. The number of alkyl halides is 5. The van der Waals surface area contributed by atoms with Crippen LogP contribution in [0.2, 0.25) is 0 Å². The van der Waals surface area contributed by atoms with Gasteiger partial charge in [-0.15, -0.1) is 0 Å².